The van der Waals surface area contributed by atoms with E-state index in [-0.39, 0.29) is 12.3 Å². The Balaban J connectivity index is 2.00. The number of benzene rings is 1. The van der Waals surface area contributed by atoms with E-state index >= 15 is 0 Å². The fourth-order valence-corrected chi connectivity index (χ4v) is 1.40. The summed E-state index contributed by atoms with van der Waals surface area (Å²) in [4.78, 5) is 18.3. The third kappa shape index (κ3) is 3.04. The van der Waals surface area contributed by atoms with Crippen LogP contribution in [0.25, 0.3) is 0 Å². The lowest BCUT2D eigenvalue weighted by atomic mass is 10.2. The summed E-state index contributed by atoms with van der Waals surface area (Å²) in [5.41, 5.74) is 1.62. The van der Waals surface area contributed by atoms with E-state index in [0.29, 0.717) is 5.69 Å². The molecule has 5 heteroatoms. The lowest BCUT2D eigenvalue weighted by Gasteiger charge is -2.06. The third-order valence-electron chi connectivity index (χ3n) is 2.30. The first-order valence-electron chi connectivity index (χ1n) is 5.39. The van der Waals surface area contributed by atoms with E-state index in [4.69, 9.17) is 9.84 Å². The van der Waals surface area contributed by atoms with Gasteiger partial charge in [-0.05, 0) is 24.6 Å². The smallest absolute Gasteiger partial charge is 0.356 e. The molecule has 18 heavy (non-hydrogen) atoms. The molecule has 0 aliphatic heterocycles. The molecule has 0 atom stereocenters. The Labute approximate surface area is 104 Å². The molecule has 1 N–H and O–H groups in total. The largest absolute Gasteiger partial charge is 0.487 e. The van der Waals surface area contributed by atoms with Crippen molar-refractivity contribution in [3.8, 4) is 5.75 Å². The van der Waals surface area contributed by atoms with Gasteiger partial charge >= 0.3 is 5.97 Å². The van der Waals surface area contributed by atoms with Crippen molar-refractivity contribution in [3.63, 3.8) is 0 Å². The van der Waals surface area contributed by atoms with Crippen molar-refractivity contribution >= 4 is 5.97 Å². The fourth-order valence-electron chi connectivity index (χ4n) is 1.40. The van der Waals surface area contributed by atoms with Gasteiger partial charge in [-0.25, -0.2) is 9.78 Å². The molecule has 0 radical (unpaired) electrons. The number of aromatic carboxylic acids is 1. The molecule has 0 spiro atoms. The Kier molecular flexibility index (Phi) is 3.52. The summed E-state index contributed by atoms with van der Waals surface area (Å²) in [6.45, 7) is 2.24. The van der Waals surface area contributed by atoms with Gasteiger partial charge in [0.1, 0.15) is 12.4 Å². The van der Waals surface area contributed by atoms with Crippen LogP contribution in [-0.2, 0) is 6.61 Å². The van der Waals surface area contributed by atoms with E-state index in [0.717, 1.165) is 11.3 Å². The molecule has 0 aliphatic rings. The Morgan fingerprint density at radius 2 is 2.17 bits per heavy atom. The summed E-state index contributed by atoms with van der Waals surface area (Å²) in [6, 6.07) is 7.66. The minimum Gasteiger partial charge on any atom is -0.487 e. The molecular formula is C13H12N2O3. The molecule has 0 saturated heterocycles. The first kappa shape index (κ1) is 12.0. The predicted molar refractivity (Wildman–Crippen MR) is 64.5 cm³/mol. The van der Waals surface area contributed by atoms with Gasteiger partial charge in [0.25, 0.3) is 0 Å². The maximum absolute atomic E-state index is 10.6. The van der Waals surface area contributed by atoms with Crippen molar-refractivity contribution in [2.24, 2.45) is 0 Å². The van der Waals surface area contributed by atoms with Crippen molar-refractivity contribution in [1.82, 2.24) is 9.97 Å². The zero-order chi connectivity index (χ0) is 13.0. The fraction of sp³-hybridized carbons (Fsp3) is 0.154. The predicted octanol–water partition coefficient (Wildman–Crippen LogP) is 2.06. The molecule has 5 nitrogen and oxygen atoms in total. The molecule has 0 bridgehead atoms. The van der Waals surface area contributed by atoms with E-state index in [1.165, 1.54) is 12.4 Å². The molecule has 0 fully saturated rings. The highest BCUT2D eigenvalue weighted by Crippen LogP contribution is 2.13. The van der Waals surface area contributed by atoms with Crippen LogP contribution in [0.4, 0.5) is 0 Å². The van der Waals surface area contributed by atoms with Crippen molar-refractivity contribution < 1.29 is 14.6 Å². The van der Waals surface area contributed by atoms with Gasteiger partial charge in [-0.3, -0.25) is 4.98 Å². The number of aromatic nitrogens is 2. The normalized spacial score (nSPS) is 10.1. The number of carbonyl (C=O) groups is 1. The molecule has 0 saturated carbocycles. The monoisotopic (exact) mass is 244 g/mol. The summed E-state index contributed by atoms with van der Waals surface area (Å²) in [6.07, 6.45) is 2.62. The summed E-state index contributed by atoms with van der Waals surface area (Å²) < 4.78 is 5.52. The number of nitrogens with zero attached hydrogens (tertiary/aromatic N) is 2. The molecular weight excluding hydrogens is 232 g/mol. The molecule has 2 rings (SSSR count). The average molecular weight is 244 g/mol. The molecule has 92 valence electrons. The first-order chi connectivity index (χ1) is 8.65. The van der Waals surface area contributed by atoms with E-state index < -0.39 is 5.97 Å². The van der Waals surface area contributed by atoms with Crippen LogP contribution in [0.15, 0.2) is 36.7 Å². The Bertz CT molecular complexity index is 552. The maximum Gasteiger partial charge on any atom is 0.356 e. The highest BCUT2D eigenvalue weighted by Gasteiger charge is 2.05. The molecule has 2 aromatic rings. The molecule has 1 aromatic heterocycles. The van der Waals surface area contributed by atoms with Crippen LogP contribution in [0.1, 0.15) is 21.7 Å². The van der Waals surface area contributed by atoms with Gasteiger partial charge < -0.3 is 9.84 Å². The van der Waals surface area contributed by atoms with E-state index in [2.05, 4.69) is 9.97 Å². The Morgan fingerprint density at radius 1 is 1.33 bits per heavy atom. The third-order valence-corrected chi connectivity index (χ3v) is 2.30. The van der Waals surface area contributed by atoms with E-state index in [1.54, 1.807) is 0 Å². The van der Waals surface area contributed by atoms with Crippen molar-refractivity contribution in [2.45, 2.75) is 13.5 Å². The number of ether oxygens (including phenoxy) is 1. The summed E-state index contributed by atoms with van der Waals surface area (Å²) in [7, 11) is 0. The second-order valence-electron chi connectivity index (χ2n) is 3.80. The van der Waals surface area contributed by atoms with Gasteiger partial charge in [0.05, 0.1) is 18.1 Å². The minimum atomic E-state index is -1.09. The lowest BCUT2D eigenvalue weighted by Crippen LogP contribution is -2.04. The summed E-state index contributed by atoms with van der Waals surface area (Å²) >= 11 is 0. The number of rotatable bonds is 4. The number of hydrogen-bond donors (Lipinski definition) is 1. The van der Waals surface area contributed by atoms with Crippen LogP contribution < -0.4 is 4.74 Å². The van der Waals surface area contributed by atoms with Crippen molar-refractivity contribution in [1.29, 1.82) is 0 Å². The number of carboxylic acid groups (broad SMARTS) is 1. The van der Waals surface area contributed by atoms with Crippen molar-refractivity contribution in [2.75, 3.05) is 0 Å². The molecule has 0 aliphatic carbocycles. The molecule has 0 unspecified atom stereocenters. The lowest BCUT2D eigenvalue weighted by molar-refractivity contribution is 0.0689. The number of carboxylic acids is 1. The Morgan fingerprint density at radius 3 is 2.78 bits per heavy atom. The van der Waals surface area contributed by atoms with Crippen LogP contribution in [0.5, 0.6) is 5.75 Å². The van der Waals surface area contributed by atoms with E-state index in [9.17, 15) is 4.79 Å². The van der Waals surface area contributed by atoms with Gasteiger partial charge in [-0.15, -0.1) is 0 Å². The summed E-state index contributed by atoms with van der Waals surface area (Å²) in [5.74, 6) is -0.340. The minimum absolute atomic E-state index is 0.0747. The standard InChI is InChI=1S/C13H12N2O3/c1-9-3-2-4-11(5-9)18-8-10-6-15-12(7-14-10)13(16)17/h2-7H,8H2,1H3,(H,16,17). The SMILES string of the molecule is Cc1cccc(OCc2cnc(C(=O)O)cn2)c1. The van der Waals surface area contributed by atoms with Gasteiger partial charge in [0.2, 0.25) is 0 Å². The maximum atomic E-state index is 10.6. The highest BCUT2D eigenvalue weighted by molar-refractivity contribution is 5.84. The van der Waals surface area contributed by atoms with Gasteiger partial charge in [-0.1, -0.05) is 12.1 Å². The van der Waals surface area contributed by atoms with Gasteiger partial charge in [0.15, 0.2) is 5.69 Å². The van der Waals surface area contributed by atoms with Crippen LogP contribution in [-0.4, -0.2) is 21.0 Å². The topological polar surface area (TPSA) is 72.3 Å². The molecule has 1 aromatic carbocycles. The molecule has 1 heterocycles. The highest BCUT2D eigenvalue weighted by atomic mass is 16.5. The quantitative estimate of drug-likeness (QED) is 0.891. The molecule has 0 amide bonds. The second-order valence-corrected chi connectivity index (χ2v) is 3.80. The van der Waals surface area contributed by atoms with Gasteiger partial charge in [-0.2, -0.15) is 0 Å². The van der Waals surface area contributed by atoms with Crippen LogP contribution >= 0.6 is 0 Å². The van der Waals surface area contributed by atoms with Crippen LogP contribution in [0.3, 0.4) is 0 Å². The first-order valence-corrected chi connectivity index (χ1v) is 5.39. The average Bonchev–Trinajstić information content (AvgIpc) is 2.37. The Hall–Kier alpha value is -2.43. The van der Waals surface area contributed by atoms with Crippen LogP contribution in [0, 0.1) is 6.92 Å². The van der Waals surface area contributed by atoms with Crippen molar-refractivity contribution in [3.05, 3.63) is 53.6 Å². The number of hydrogen-bond acceptors (Lipinski definition) is 4. The van der Waals surface area contributed by atoms with Gasteiger partial charge in [0, 0.05) is 0 Å². The zero-order valence-corrected chi connectivity index (χ0v) is 9.83. The van der Waals surface area contributed by atoms with Crippen LogP contribution in [0.2, 0.25) is 0 Å². The summed E-state index contributed by atoms with van der Waals surface area (Å²) in [5, 5.41) is 8.68. The van der Waals surface area contributed by atoms with E-state index in [1.807, 2.05) is 31.2 Å². The zero-order valence-electron chi connectivity index (χ0n) is 9.83. The number of aryl methyl sites for hydroxylation is 1. The second kappa shape index (κ2) is 5.27.